The monoisotopic (exact) mass is 306 g/mol. The van der Waals surface area contributed by atoms with Crippen LogP contribution in [0.4, 0.5) is 0 Å². The van der Waals surface area contributed by atoms with E-state index in [2.05, 4.69) is 29.3 Å². The van der Waals surface area contributed by atoms with Crippen molar-refractivity contribution in [1.29, 1.82) is 0 Å². The predicted octanol–water partition coefficient (Wildman–Crippen LogP) is 3.85. The minimum Gasteiger partial charge on any atom is -0.326 e. The second-order valence-electron chi connectivity index (χ2n) is 5.41. The molecule has 1 aliphatic rings. The van der Waals surface area contributed by atoms with Crippen LogP contribution in [0.2, 0.25) is 5.02 Å². The number of benzene rings is 1. The van der Waals surface area contributed by atoms with E-state index < -0.39 is 0 Å². The molecular weight excluding hydrogens is 288 g/mol. The first-order valence-electron chi connectivity index (χ1n) is 6.96. The molecule has 0 amide bonds. The van der Waals surface area contributed by atoms with Gasteiger partial charge in [0.25, 0.3) is 0 Å². The number of hydrogen-bond acceptors (Lipinski definition) is 3. The Labute approximate surface area is 129 Å². The predicted molar refractivity (Wildman–Crippen MR) is 86.3 cm³/mol. The summed E-state index contributed by atoms with van der Waals surface area (Å²) in [5.41, 5.74) is 8.85. The summed E-state index contributed by atoms with van der Waals surface area (Å²) in [5.74, 6) is 0. The van der Waals surface area contributed by atoms with Crippen LogP contribution in [0.25, 0.3) is 0 Å². The van der Waals surface area contributed by atoms with Crippen LogP contribution in [-0.4, -0.2) is 17.5 Å². The van der Waals surface area contributed by atoms with E-state index in [-0.39, 0.29) is 12.1 Å². The zero-order valence-corrected chi connectivity index (χ0v) is 13.1. The Morgan fingerprint density at radius 3 is 2.85 bits per heavy atom. The molecule has 2 heterocycles. The average Bonchev–Trinajstić information content (AvgIpc) is 2.88. The van der Waals surface area contributed by atoms with E-state index in [1.54, 1.807) is 0 Å². The normalized spacial score (nSPS) is 18.6. The van der Waals surface area contributed by atoms with Crippen molar-refractivity contribution in [3.05, 3.63) is 56.7 Å². The first-order chi connectivity index (χ1) is 9.66. The second-order valence-corrected chi connectivity index (χ2v) is 6.82. The van der Waals surface area contributed by atoms with E-state index in [0.29, 0.717) is 0 Å². The lowest BCUT2D eigenvalue weighted by atomic mass is 9.96. The van der Waals surface area contributed by atoms with Crippen molar-refractivity contribution in [1.82, 2.24) is 4.90 Å². The van der Waals surface area contributed by atoms with Gasteiger partial charge in [-0.1, -0.05) is 29.8 Å². The molecule has 0 bridgehead atoms. The molecule has 0 saturated carbocycles. The number of rotatable bonds is 3. The topological polar surface area (TPSA) is 29.3 Å². The molecule has 2 aromatic rings. The van der Waals surface area contributed by atoms with Gasteiger partial charge < -0.3 is 5.73 Å². The lowest BCUT2D eigenvalue weighted by Gasteiger charge is -2.37. The minimum atomic E-state index is 0.0510. The van der Waals surface area contributed by atoms with Crippen molar-refractivity contribution < 1.29 is 0 Å². The third-order valence-electron chi connectivity index (χ3n) is 3.95. The van der Waals surface area contributed by atoms with Crippen molar-refractivity contribution in [2.75, 3.05) is 6.54 Å². The first kappa shape index (κ1) is 14.1. The van der Waals surface area contributed by atoms with Gasteiger partial charge in [-0.05, 0) is 42.0 Å². The van der Waals surface area contributed by atoms with Crippen molar-refractivity contribution >= 4 is 22.9 Å². The van der Waals surface area contributed by atoms with Gasteiger partial charge in [0.15, 0.2) is 0 Å². The highest BCUT2D eigenvalue weighted by molar-refractivity contribution is 7.10. The number of fused-ring (bicyclic) bond motifs is 1. The fourth-order valence-corrected chi connectivity index (χ4v) is 4.17. The maximum Gasteiger partial charge on any atom is 0.0514 e. The molecule has 1 aromatic carbocycles. The molecule has 4 heteroatoms. The number of halogens is 1. The molecule has 3 rings (SSSR count). The van der Waals surface area contributed by atoms with E-state index >= 15 is 0 Å². The van der Waals surface area contributed by atoms with E-state index in [4.69, 9.17) is 17.3 Å². The lowest BCUT2D eigenvalue weighted by Crippen LogP contribution is -2.42. The highest BCUT2D eigenvalue weighted by Gasteiger charge is 2.29. The Balaban J connectivity index is 1.91. The molecule has 1 aliphatic heterocycles. The molecular formula is C16H19ClN2S. The molecule has 0 spiro atoms. The Kier molecular flexibility index (Phi) is 4.13. The molecule has 106 valence electrons. The van der Waals surface area contributed by atoms with Gasteiger partial charge >= 0.3 is 0 Å². The standard InChI is InChI=1S/C16H19ClN2S/c1-11(18)16(13-4-2-3-5-14(13)17)19-8-6-15-12(10-19)7-9-20-15/h2-5,7,9,11,16H,6,8,10,18H2,1H3. The Bertz CT molecular complexity index is 594. The molecule has 0 aliphatic carbocycles. The Morgan fingerprint density at radius 1 is 1.30 bits per heavy atom. The van der Waals surface area contributed by atoms with E-state index in [0.717, 1.165) is 30.1 Å². The number of nitrogens with zero attached hydrogens (tertiary/aromatic N) is 1. The van der Waals surface area contributed by atoms with Gasteiger partial charge in [-0.3, -0.25) is 4.90 Å². The molecule has 2 atom stereocenters. The molecule has 0 fully saturated rings. The Hall–Kier alpha value is -0.870. The van der Waals surface area contributed by atoms with Gasteiger partial charge in [-0.2, -0.15) is 0 Å². The molecule has 2 unspecified atom stereocenters. The zero-order valence-electron chi connectivity index (χ0n) is 11.6. The van der Waals surface area contributed by atoms with Crippen LogP contribution < -0.4 is 5.73 Å². The molecule has 20 heavy (non-hydrogen) atoms. The van der Waals surface area contributed by atoms with Crippen molar-refractivity contribution in [3.8, 4) is 0 Å². The van der Waals surface area contributed by atoms with Crippen LogP contribution in [0.5, 0.6) is 0 Å². The summed E-state index contributed by atoms with van der Waals surface area (Å²) < 4.78 is 0. The summed E-state index contributed by atoms with van der Waals surface area (Å²) in [7, 11) is 0. The van der Waals surface area contributed by atoms with E-state index in [1.165, 1.54) is 10.4 Å². The molecule has 1 aromatic heterocycles. The van der Waals surface area contributed by atoms with Crippen LogP contribution in [-0.2, 0) is 13.0 Å². The molecule has 2 N–H and O–H groups in total. The van der Waals surface area contributed by atoms with Gasteiger partial charge in [-0.15, -0.1) is 11.3 Å². The lowest BCUT2D eigenvalue weighted by molar-refractivity contribution is 0.161. The molecule has 0 radical (unpaired) electrons. The van der Waals surface area contributed by atoms with Crippen molar-refractivity contribution in [2.45, 2.75) is 32.0 Å². The van der Waals surface area contributed by atoms with Gasteiger partial charge in [0.05, 0.1) is 6.04 Å². The first-order valence-corrected chi connectivity index (χ1v) is 8.22. The summed E-state index contributed by atoms with van der Waals surface area (Å²) >= 11 is 8.24. The summed E-state index contributed by atoms with van der Waals surface area (Å²) in [6, 6.07) is 10.5. The van der Waals surface area contributed by atoms with E-state index in [9.17, 15) is 0 Å². The summed E-state index contributed by atoms with van der Waals surface area (Å²) in [6.45, 7) is 4.08. The van der Waals surface area contributed by atoms with Crippen LogP contribution in [0.3, 0.4) is 0 Å². The maximum absolute atomic E-state index is 6.38. The maximum atomic E-state index is 6.38. The SMILES string of the molecule is CC(N)C(c1ccccc1Cl)N1CCc2sccc2C1. The minimum absolute atomic E-state index is 0.0510. The zero-order chi connectivity index (χ0) is 14.1. The van der Waals surface area contributed by atoms with Gasteiger partial charge in [0, 0.05) is 29.0 Å². The number of hydrogen-bond donors (Lipinski definition) is 1. The quantitative estimate of drug-likeness (QED) is 0.933. The van der Waals surface area contributed by atoms with E-state index in [1.807, 2.05) is 29.5 Å². The number of thiophene rings is 1. The van der Waals surface area contributed by atoms with Crippen molar-refractivity contribution in [3.63, 3.8) is 0 Å². The van der Waals surface area contributed by atoms with Gasteiger partial charge in [-0.25, -0.2) is 0 Å². The van der Waals surface area contributed by atoms with Gasteiger partial charge in [0.2, 0.25) is 0 Å². The largest absolute Gasteiger partial charge is 0.326 e. The molecule has 2 nitrogen and oxygen atoms in total. The highest BCUT2D eigenvalue weighted by Crippen LogP contribution is 2.34. The summed E-state index contributed by atoms with van der Waals surface area (Å²) in [6.07, 6.45) is 1.11. The van der Waals surface area contributed by atoms with Crippen LogP contribution in [0, 0.1) is 0 Å². The average molecular weight is 307 g/mol. The second kappa shape index (κ2) is 5.86. The van der Waals surface area contributed by atoms with Crippen molar-refractivity contribution in [2.24, 2.45) is 5.73 Å². The summed E-state index contributed by atoms with van der Waals surface area (Å²) in [4.78, 5) is 3.98. The fraction of sp³-hybridized carbons (Fsp3) is 0.375. The smallest absolute Gasteiger partial charge is 0.0514 e. The number of nitrogens with two attached hydrogens (primary N) is 1. The van der Waals surface area contributed by atoms with Crippen LogP contribution >= 0.6 is 22.9 Å². The summed E-state index contributed by atoms with van der Waals surface area (Å²) in [5, 5.41) is 3.00. The molecule has 0 saturated heterocycles. The highest BCUT2D eigenvalue weighted by atomic mass is 35.5. The third kappa shape index (κ3) is 2.63. The van der Waals surface area contributed by atoms with Crippen LogP contribution in [0.15, 0.2) is 35.7 Å². The fourth-order valence-electron chi connectivity index (χ4n) is 3.04. The van der Waals surface area contributed by atoms with Gasteiger partial charge in [0.1, 0.15) is 0 Å². The third-order valence-corrected chi connectivity index (χ3v) is 5.32. The Morgan fingerprint density at radius 2 is 2.10 bits per heavy atom. The van der Waals surface area contributed by atoms with Crippen LogP contribution in [0.1, 0.15) is 29.0 Å².